The molecule has 6 heteroatoms. The fourth-order valence-electron chi connectivity index (χ4n) is 4.08. The van der Waals surface area contributed by atoms with E-state index in [1.54, 1.807) is 6.92 Å². The van der Waals surface area contributed by atoms with E-state index in [-0.39, 0.29) is 12.6 Å². The van der Waals surface area contributed by atoms with E-state index in [2.05, 4.69) is 33.7 Å². The maximum absolute atomic E-state index is 12.9. The van der Waals surface area contributed by atoms with Gasteiger partial charge in [-0.05, 0) is 30.0 Å². The van der Waals surface area contributed by atoms with Crippen LogP contribution in [0.1, 0.15) is 30.5 Å². The van der Waals surface area contributed by atoms with Gasteiger partial charge in [-0.25, -0.2) is 9.59 Å². The van der Waals surface area contributed by atoms with Crippen molar-refractivity contribution in [3.05, 3.63) is 89.1 Å². The van der Waals surface area contributed by atoms with Crippen molar-refractivity contribution >= 4 is 17.6 Å². The Morgan fingerprint density at radius 3 is 2.45 bits per heavy atom. The molecule has 0 bridgehead atoms. The molecule has 2 heterocycles. The van der Waals surface area contributed by atoms with Gasteiger partial charge in [0.15, 0.2) is 0 Å². The van der Waals surface area contributed by atoms with Gasteiger partial charge in [0.05, 0.1) is 18.2 Å². The molecule has 0 saturated carbocycles. The number of amides is 2. The maximum Gasteiger partial charge on any atom is 0.338 e. The molecule has 2 aliphatic rings. The second-order valence-electron chi connectivity index (χ2n) is 7.64. The quantitative estimate of drug-likeness (QED) is 0.704. The van der Waals surface area contributed by atoms with Crippen molar-refractivity contribution in [1.29, 1.82) is 0 Å². The summed E-state index contributed by atoms with van der Waals surface area (Å²) in [4.78, 5) is 27.5. The number of hydrogen-bond acceptors (Lipinski definition) is 4. The molecule has 2 aromatic rings. The minimum Gasteiger partial charge on any atom is -0.463 e. The Morgan fingerprint density at radius 2 is 1.81 bits per heavy atom. The van der Waals surface area contributed by atoms with Crippen LogP contribution in [0, 0.1) is 0 Å². The second kappa shape index (κ2) is 9.62. The number of urea groups is 1. The highest BCUT2D eigenvalue weighted by Crippen LogP contribution is 2.29. The third kappa shape index (κ3) is 4.86. The molecule has 0 fully saturated rings. The molecule has 0 unspecified atom stereocenters. The van der Waals surface area contributed by atoms with E-state index >= 15 is 0 Å². The molecule has 0 spiro atoms. The van der Waals surface area contributed by atoms with E-state index in [9.17, 15) is 9.59 Å². The number of rotatable bonds is 6. The van der Waals surface area contributed by atoms with E-state index in [0.717, 1.165) is 25.1 Å². The fraction of sp³-hybridized carbons (Fsp3) is 0.280. The molecule has 0 radical (unpaired) electrons. The summed E-state index contributed by atoms with van der Waals surface area (Å²) in [6.07, 6.45) is 3.14. The van der Waals surface area contributed by atoms with Crippen LogP contribution in [0.15, 0.2) is 78.0 Å². The minimum absolute atomic E-state index is 0.276. The standard InChI is InChI=1S/C25H27N3O3/c1-2-31-24(29)22-21(26-25(30)27-23(22)20-11-7-4-8-12-20)17-28-15-13-19(14-16-28)18-9-5-3-6-10-18/h3-13,23H,2,14-17H2,1H3,(H2,26,27,30)/t23-/m1/s1. The average molecular weight is 418 g/mol. The van der Waals surface area contributed by atoms with Gasteiger partial charge in [-0.1, -0.05) is 66.7 Å². The van der Waals surface area contributed by atoms with E-state index < -0.39 is 12.0 Å². The van der Waals surface area contributed by atoms with E-state index in [0.29, 0.717) is 17.8 Å². The summed E-state index contributed by atoms with van der Waals surface area (Å²) in [6, 6.07) is 19.0. The monoisotopic (exact) mass is 417 g/mol. The van der Waals surface area contributed by atoms with Gasteiger partial charge in [0.25, 0.3) is 0 Å². The molecule has 2 aliphatic heterocycles. The van der Waals surface area contributed by atoms with Gasteiger partial charge in [-0.15, -0.1) is 0 Å². The highest BCUT2D eigenvalue weighted by Gasteiger charge is 2.34. The zero-order valence-electron chi connectivity index (χ0n) is 17.6. The van der Waals surface area contributed by atoms with E-state index in [1.165, 1.54) is 11.1 Å². The number of nitrogens with one attached hydrogen (secondary N) is 2. The summed E-state index contributed by atoms with van der Waals surface area (Å²) in [5, 5.41) is 5.74. The Balaban J connectivity index is 1.60. The highest BCUT2D eigenvalue weighted by atomic mass is 16.5. The molecule has 31 heavy (non-hydrogen) atoms. The Bertz CT molecular complexity index is 999. The van der Waals surface area contributed by atoms with Crippen molar-refractivity contribution < 1.29 is 14.3 Å². The first-order chi connectivity index (χ1) is 15.2. The molecule has 4 rings (SSSR count). The Kier molecular flexibility index (Phi) is 6.48. The van der Waals surface area contributed by atoms with E-state index in [4.69, 9.17) is 4.74 Å². The summed E-state index contributed by atoms with van der Waals surface area (Å²) in [5.41, 5.74) is 4.49. The molecule has 2 N–H and O–H groups in total. The minimum atomic E-state index is -0.538. The van der Waals surface area contributed by atoms with Gasteiger partial charge in [0.1, 0.15) is 0 Å². The van der Waals surface area contributed by atoms with Crippen molar-refractivity contribution in [3.63, 3.8) is 0 Å². The lowest BCUT2D eigenvalue weighted by Gasteiger charge is -2.33. The van der Waals surface area contributed by atoms with Gasteiger partial charge in [0.2, 0.25) is 0 Å². The SMILES string of the molecule is CCOC(=O)C1=C(CN2CC=C(c3ccccc3)CC2)NC(=O)N[C@@H]1c1ccccc1. The zero-order valence-corrected chi connectivity index (χ0v) is 17.6. The van der Waals surface area contributed by atoms with Crippen LogP contribution in [0.3, 0.4) is 0 Å². The molecule has 0 aromatic heterocycles. The first-order valence-electron chi connectivity index (χ1n) is 10.6. The van der Waals surface area contributed by atoms with Crippen molar-refractivity contribution in [2.75, 3.05) is 26.2 Å². The van der Waals surface area contributed by atoms with Crippen molar-refractivity contribution in [2.45, 2.75) is 19.4 Å². The zero-order chi connectivity index (χ0) is 21.6. The topological polar surface area (TPSA) is 70.7 Å². The predicted octanol–water partition coefficient (Wildman–Crippen LogP) is 3.65. The number of hydrogen-bond donors (Lipinski definition) is 2. The third-order valence-corrected chi connectivity index (χ3v) is 5.60. The molecule has 1 atom stereocenters. The van der Waals surface area contributed by atoms with Crippen molar-refractivity contribution in [1.82, 2.24) is 15.5 Å². The normalized spacial score (nSPS) is 19.3. The summed E-state index contributed by atoms with van der Waals surface area (Å²) < 4.78 is 5.34. The van der Waals surface area contributed by atoms with Crippen LogP contribution in [0.25, 0.3) is 5.57 Å². The maximum atomic E-state index is 12.9. The molecule has 6 nitrogen and oxygen atoms in total. The Labute approximate surface area is 182 Å². The lowest BCUT2D eigenvalue weighted by Crippen LogP contribution is -2.48. The molecule has 2 aromatic carbocycles. The highest BCUT2D eigenvalue weighted by molar-refractivity contribution is 5.95. The van der Waals surface area contributed by atoms with Gasteiger partial charge in [-0.3, -0.25) is 4.90 Å². The van der Waals surface area contributed by atoms with Crippen LogP contribution in [-0.4, -0.2) is 43.1 Å². The molecule has 0 saturated heterocycles. The van der Waals surface area contributed by atoms with Crippen molar-refractivity contribution in [3.8, 4) is 0 Å². The first kappa shape index (κ1) is 20.9. The number of carbonyl (C=O) groups is 2. The number of benzene rings is 2. The van der Waals surface area contributed by atoms with E-state index in [1.807, 2.05) is 48.5 Å². The smallest absolute Gasteiger partial charge is 0.338 e. The summed E-state index contributed by atoms with van der Waals surface area (Å²) >= 11 is 0. The van der Waals surface area contributed by atoms with Crippen LogP contribution in [0.2, 0.25) is 0 Å². The molecular weight excluding hydrogens is 390 g/mol. The first-order valence-corrected chi connectivity index (χ1v) is 10.6. The number of ether oxygens (including phenoxy) is 1. The molecule has 2 amide bonds. The van der Waals surface area contributed by atoms with Gasteiger partial charge in [0, 0.05) is 25.3 Å². The van der Waals surface area contributed by atoms with Crippen LogP contribution in [-0.2, 0) is 9.53 Å². The number of esters is 1. The fourth-order valence-corrected chi connectivity index (χ4v) is 4.08. The molecular formula is C25H27N3O3. The number of carbonyl (C=O) groups excluding carboxylic acids is 2. The lowest BCUT2D eigenvalue weighted by molar-refractivity contribution is -0.139. The summed E-state index contributed by atoms with van der Waals surface area (Å²) in [6.45, 7) is 4.13. The van der Waals surface area contributed by atoms with Crippen LogP contribution in [0.4, 0.5) is 4.79 Å². The largest absolute Gasteiger partial charge is 0.463 e. The summed E-state index contributed by atoms with van der Waals surface area (Å²) in [7, 11) is 0. The Morgan fingerprint density at radius 1 is 1.10 bits per heavy atom. The molecule has 0 aliphatic carbocycles. The summed E-state index contributed by atoms with van der Waals surface area (Å²) in [5.74, 6) is -0.406. The average Bonchev–Trinajstić information content (AvgIpc) is 2.80. The number of nitrogens with zero attached hydrogens (tertiary/aromatic N) is 1. The predicted molar refractivity (Wildman–Crippen MR) is 120 cm³/mol. The lowest BCUT2D eigenvalue weighted by atomic mass is 9.94. The van der Waals surface area contributed by atoms with Crippen LogP contribution < -0.4 is 10.6 Å². The molecule has 160 valence electrons. The third-order valence-electron chi connectivity index (χ3n) is 5.60. The van der Waals surface area contributed by atoms with Gasteiger partial charge >= 0.3 is 12.0 Å². The van der Waals surface area contributed by atoms with Gasteiger partial charge < -0.3 is 15.4 Å². The van der Waals surface area contributed by atoms with Crippen molar-refractivity contribution in [2.24, 2.45) is 0 Å². The second-order valence-corrected chi connectivity index (χ2v) is 7.64. The van der Waals surface area contributed by atoms with Gasteiger partial charge in [-0.2, -0.15) is 0 Å². The Hall–Kier alpha value is -3.38. The van der Waals surface area contributed by atoms with Crippen LogP contribution >= 0.6 is 0 Å². The van der Waals surface area contributed by atoms with Crippen LogP contribution in [0.5, 0.6) is 0 Å².